The lowest BCUT2D eigenvalue weighted by Gasteiger charge is -2.01. The third kappa shape index (κ3) is 1.66. The normalized spacial score (nSPS) is 10.8. The summed E-state index contributed by atoms with van der Waals surface area (Å²) in [4.78, 5) is 35.6. The average Bonchev–Trinajstić information content (AvgIpc) is 3.07. The van der Waals surface area contributed by atoms with E-state index in [4.69, 9.17) is 5.11 Å². The molecule has 3 heterocycles. The number of hydrogen-bond acceptors (Lipinski definition) is 4. The zero-order valence-electron chi connectivity index (χ0n) is 9.85. The molecule has 0 radical (unpaired) electrons. The third-order valence-corrected chi connectivity index (χ3v) is 2.86. The molecule has 0 unspecified atom stereocenters. The number of carbonyl (C=O) groups excluding carboxylic acids is 1. The minimum absolute atomic E-state index is 0.1000. The van der Waals surface area contributed by atoms with Gasteiger partial charge in [-0.15, -0.1) is 0 Å². The van der Waals surface area contributed by atoms with Gasteiger partial charge in [-0.25, -0.2) is 19.2 Å². The SMILES string of the molecule is O=C(O)C(=O)c1c[nH]c2c(-c3cnc[nH]3)ncc(F)c12. The number of H-pyrrole nitrogens is 2. The van der Waals surface area contributed by atoms with Crippen LogP contribution in [0.5, 0.6) is 0 Å². The molecule has 3 aromatic heterocycles. The fraction of sp³-hybridized carbons (Fsp3) is 0. The van der Waals surface area contributed by atoms with Crippen LogP contribution in [0.3, 0.4) is 0 Å². The maximum Gasteiger partial charge on any atom is 0.377 e. The summed E-state index contributed by atoms with van der Waals surface area (Å²) in [6.07, 6.45) is 5.01. The Bertz CT molecular complexity index is 823. The van der Waals surface area contributed by atoms with Gasteiger partial charge in [0.15, 0.2) is 5.82 Å². The van der Waals surface area contributed by atoms with E-state index in [1.165, 1.54) is 12.5 Å². The van der Waals surface area contributed by atoms with Crippen molar-refractivity contribution in [1.29, 1.82) is 0 Å². The van der Waals surface area contributed by atoms with Crippen molar-refractivity contribution in [2.75, 3.05) is 0 Å². The highest BCUT2D eigenvalue weighted by molar-refractivity contribution is 6.42. The lowest BCUT2D eigenvalue weighted by Crippen LogP contribution is -2.12. The molecule has 3 N–H and O–H groups in total. The van der Waals surface area contributed by atoms with Crippen molar-refractivity contribution in [3.8, 4) is 11.4 Å². The Morgan fingerprint density at radius 3 is 2.70 bits per heavy atom. The first-order chi connectivity index (χ1) is 9.59. The van der Waals surface area contributed by atoms with Crippen LogP contribution in [0.25, 0.3) is 22.3 Å². The number of fused-ring (bicyclic) bond motifs is 1. The molecule has 7 nitrogen and oxygen atoms in total. The Morgan fingerprint density at radius 1 is 1.25 bits per heavy atom. The first kappa shape index (κ1) is 12.0. The van der Waals surface area contributed by atoms with E-state index >= 15 is 0 Å². The first-order valence-electron chi connectivity index (χ1n) is 5.51. The largest absolute Gasteiger partial charge is 0.475 e. The molecule has 20 heavy (non-hydrogen) atoms. The van der Waals surface area contributed by atoms with Crippen molar-refractivity contribution in [1.82, 2.24) is 19.9 Å². The van der Waals surface area contributed by atoms with Gasteiger partial charge < -0.3 is 15.1 Å². The number of carboxylic acid groups (broad SMARTS) is 1. The van der Waals surface area contributed by atoms with E-state index in [1.807, 2.05) is 0 Å². The molecular formula is C12H7FN4O3. The van der Waals surface area contributed by atoms with Crippen LogP contribution in [0, 0.1) is 5.82 Å². The highest BCUT2D eigenvalue weighted by Crippen LogP contribution is 2.28. The summed E-state index contributed by atoms with van der Waals surface area (Å²) in [5.74, 6) is -3.60. The number of ketones is 1. The summed E-state index contributed by atoms with van der Waals surface area (Å²) in [6.45, 7) is 0. The van der Waals surface area contributed by atoms with Gasteiger partial charge in [0, 0.05) is 6.20 Å². The number of carbonyl (C=O) groups is 2. The number of nitrogens with zero attached hydrogens (tertiary/aromatic N) is 2. The monoisotopic (exact) mass is 274 g/mol. The number of halogens is 1. The van der Waals surface area contributed by atoms with E-state index in [-0.39, 0.29) is 16.5 Å². The van der Waals surface area contributed by atoms with Gasteiger partial charge in [0.25, 0.3) is 5.78 Å². The van der Waals surface area contributed by atoms with Gasteiger partial charge in [0.2, 0.25) is 0 Å². The summed E-state index contributed by atoms with van der Waals surface area (Å²) in [5.41, 5.74) is 0.863. The topological polar surface area (TPSA) is 112 Å². The summed E-state index contributed by atoms with van der Waals surface area (Å²) in [6, 6.07) is 0. The third-order valence-electron chi connectivity index (χ3n) is 2.86. The number of pyridine rings is 1. The quantitative estimate of drug-likeness (QED) is 0.493. The van der Waals surface area contributed by atoms with Crippen LogP contribution in [0.2, 0.25) is 0 Å². The van der Waals surface area contributed by atoms with Crippen molar-refractivity contribution in [3.63, 3.8) is 0 Å². The van der Waals surface area contributed by atoms with Crippen LogP contribution < -0.4 is 0 Å². The lowest BCUT2D eigenvalue weighted by atomic mass is 10.1. The minimum atomic E-state index is -1.65. The second-order valence-corrected chi connectivity index (χ2v) is 4.01. The van der Waals surface area contributed by atoms with E-state index < -0.39 is 17.6 Å². The first-order valence-corrected chi connectivity index (χ1v) is 5.51. The zero-order valence-corrected chi connectivity index (χ0v) is 9.85. The summed E-state index contributed by atoms with van der Waals surface area (Å²) in [5, 5.41) is 8.64. The van der Waals surface area contributed by atoms with E-state index in [2.05, 4.69) is 19.9 Å². The van der Waals surface area contributed by atoms with Crippen LogP contribution >= 0.6 is 0 Å². The molecule has 0 amide bonds. The van der Waals surface area contributed by atoms with E-state index in [0.717, 1.165) is 12.4 Å². The highest BCUT2D eigenvalue weighted by atomic mass is 19.1. The van der Waals surface area contributed by atoms with Gasteiger partial charge in [-0.05, 0) is 0 Å². The molecule has 3 rings (SSSR count). The number of aromatic amines is 2. The van der Waals surface area contributed by atoms with Crippen LogP contribution in [0.15, 0.2) is 24.9 Å². The second kappa shape index (κ2) is 4.26. The molecule has 0 aliphatic carbocycles. The molecule has 0 saturated carbocycles. The van der Waals surface area contributed by atoms with Crippen LogP contribution in [0.1, 0.15) is 10.4 Å². The second-order valence-electron chi connectivity index (χ2n) is 4.01. The average molecular weight is 274 g/mol. The Morgan fingerprint density at radius 2 is 2.05 bits per heavy atom. The maximum atomic E-state index is 13.9. The fourth-order valence-electron chi connectivity index (χ4n) is 1.99. The van der Waals surface area contributed by atoms with E-state index in [1.54, 1.807) is 0 Å². The standard InChI is InChI=1S/C12H7FN4O3/c13-6-2-16-9(7-3-14-4-17-7)10-8(6)5(1-15-10)11(18)12(19)20/h1-4,15H,(H,14,17)(H,19,20). The van der Waals surface area contributed by atoms with E-state index in [9.17, 15) is 14.0 Å². The number of hydrogen-bond donors (Lipinski definition) is 3. The fourth-order valence-corrected chi connectivity index (χ4v) is 1.99. The lowest BCUT2D eigenvalue weighted by molar-refractivity contribution is -0.131. The number of carboxylic acids is 1. The van der Waals surface area contributed by atoms with Gasteiger partial charge in [-0.3, -0.25) is 4.79 Å². The number of aliphatic carboxylic acids is 1. The van der Waals surface area contributed by atoms with Gasteiger partial charge in [-0.2, -0.15) is 0 Å². The van der Waals surface area contributed by atoms with Crippen molar-refractivity contribution < 1.29 is 19.1 Å². The number of imidazole rings is 1. The molecule has 0 aliphatic rings. The molecule has 0 aromatic carbocycles. The van der Waals surface area contributed by atoms with Crippen molar-refractivity contribution >= 4 is 22.7 Å². The molecule has 8 heteroatoms. The Hall–Kier alpha value is -3.03. The molecule has 100 valence electrons. The number of rotatable bonds is 3. The summed E-state index contributed by atoms with van der Waals surface area (Å²) >= 11 is 0. The molecule has 0 fully saturated rings. The predicted molar refractivity (Wildman–Crippen MR) is 65.6 cm³/mol. The van der Waals surface area contributed by atoms with E-state index in [0.29, 0.717) is 11.4 Å². The molecule has 0 spiro atoms. The maximum absolute atomic E-state index is 13.9. The Balaban J connectivity index is 2.31. The molecule has 3 aromatic rings. The molecule has 0 atom stereocenters. The van der Waals surface area contributed by atoms with Crippen LogP contribution in [0.4, 0.5) is 4.39 Å². The minimum Gasteiger partial charge on any atom is -0.475 e. The molecule has 0 aliphatic heterocycles. The number of Topliss-reactive ketones (excluding diaryl/α,β-unsaturated/α-hetero) is 1. The van der Waals surface area contributed by atoms with Gasteiger partial charge in [0.05, 0.1) is 40.9 Å². The van der Waals surface area contributed by atoms with Crippen LogP contribution in [-0.4, -0.2) is 36.8 Å². The molecular weight excluding hydrogens is 267 g/mol. The smallest absolute Gasteiger partial charge is 0.377 e. The Kier molecular flexibility index (Phi) is 2.56. The van der Waals surface area contributed by atoms with Crippen molar-refractivity contribution in [3.05, 3.63) is 36.3 Å². The molecule has 0 bridgehead atoms. The zero-order chi connectivity index (χ0) is 14.3. The van der Waals surface area contributed by atoms with Crippen LogP contribution in [-0.2, 0) is 4.79 Å². The van der Waals surface area contributed by atoms with Gasteiger partial charge in [-0.1, -0.05) is 0 Å². The summed E-state index contributed by atoms with van der Waals surface area (Å²) in [7, 11) is 0. The van der Waals surface area contributed by atoms with Crippen molar-refractivity contribution in [2.24, 2.45) is 0 Å². The number of aromatic nitrogens is 4. The van der Waals surface area contributed by atoms with Crippen molar-refractivity contribution in [2.45, 2.75) is 0 Å². The Labute approximate surface area is 110 Å². The van der Waals surface area contributed by atoms with Gasteiger partial charge in [0.1, 0.15) is 5.69 Å². The molecule has 0 saturated heterocycles. The highest BCUT2D eigenvalue weighted by Gasteiger charge is 2.23. The van der Waals surface area contributed by atoms with Gasteiger partial charge >= 0.3 is 5.97 Å². The predicted octanol–water partition coefficient (Wildman–Crippen LogP) is 1.36. The number of nitrogens with one attached hydrogen (secondary N) is 2. The summed E-state index contributed by atoms with van der Waals surface area (Å²) < 4.78 is 13.9.